The fourth-order valence-corrected chi connectivity index (χ4v) is 14.6. The summed E-state index contributed by atoms with van der Waals surface area (Å²) in [6.45, 7) is 0. The van der Waals surface area contributed by atoms with E-state index in [1.54, 1.807) is 0 Å². The average Bonchev–Trinajstić information content (AvgIpc) is 4.08. The third-order valence-corrected chi connectivity index (χ3v) is 17.2. The maximum absolute atomic E-state index is 6.79. The molecular weight excluding hydrogens is 895 g/mol. The summed E-state index contributed by atoms with van der Waals surface area (Å²) in [5.74, 6) is 1.76. The van der Waals surface area contributed by atoms with Crippen LogP contribution in [-0.2, 0) is 10.8 Å². The van der Waals surface area contributed by atoms with Crippen LogP contribution in [0.15, 0.2) is 263 Å². The second kappa shape index (κ2) is 14.8. The molecule has 1 aromatic heterocycles. The summed E-state index contributed by atoms with van der Waals surface area (Å²) in [6, 6.07) is 91.7. The Kier molecular flexibility index (Phi) is 8.24. The SMILES string of the molecule is c1ccc2c(c1)Oc1ccccc1C21c2ccccc2-c2c(N(c3ccc(-c4cccc5oc6ccccc6c45)cc3)c3cccc4c3C3(c5ccccc5Sc5ccccc53)c3ccccc3-4)cccc21. The first-order valence-corrected chi connectivity index (χ1v) is 25.6. The summed E-state index contributed by atoms with van der Waals surface area (Å²) in [7, 11) is 0. The third kappa shape index (κ3) is 5.11. The van der Waals surface area contributed by atoms with E-state index >= 15 is 0 Å². The molecule has 3 nitrogen and oxygen atoms in total. The summed E-state index contributed by atoms with van der Waals surface area (Å²) in [4.78, 5) is 5.14. The van der Waals surface area contributed by atoms with Crippen LogP contribution in [0, 0.1) is 0 Å². The predicted molar refractivity (Wildman–Crippen MR) is 293 cm³/mol. The van der Waals surface area contributed by atoms with Gasteiger partial charge in [0, 0.05) is 48.5 Å². The van der Waals surface area contributed by atoms with Crippen LogP contribution >= 0.6 is 11.8 Å². The van der Waals surface area contributed by atoms with Crippen molar-refractivity contribution in [2.75, 3.05) is 4.90 Å². The van der Waals surface area contributed by atoms with Gasteiger partial charge in [-0.1, -0.05) is 200 Å². The van der Waals surface area contributed by atoms with E-state index in [1.807, 2.05) is 17.8 Å². The largest absolute Gasteiger partial charge is 0.457 e. The molecule has 0 bridgehead atoms. The van der Waals surface area contributed by atoms with Crippen molar-refractivity contribution in [2.24, 2.45) is 0 Å². The first-order chi connectivity index (χ1) is 35.7. The lowest BCUT2D eigenvalue weighted by molar-refractivity contribution is 0.436. The van der Waals surface area contributed by atoms with Crippen molar-refractivity contribution in [3.05, 3.63) is 293 Å². The predicted octanol–water partition coefficient (Wildman–Crippen LogP) is 18.0. The minimum atomic E-state index is -0.635. The van der Waals surface area contributed by atoms with Crippen LogP contribution in [0.5, 0.6) is 11.5 Å². The Morgan fingerprint density at radius 3 is 1.60 bits per heavy atom. The number of para-hydroxylation sites is 3. The smallest absolute Gasteiger partial charge is 0.136 e. The van der Waals surface area contributed by atoms with Gasteiger partial charge in [-0.05, 0) is 116 Å². The average molecular weight is 936 g/mol. The number of anilines is 3. The molecule has 16 rings (SSSR count). The molecule has 4 aliphatic rings. The molecule has 336 valence electrons. The Bertz CT molecular complexity index is 4170. The lowest BCUT2D eigenvalue weighted by Crippen LogP contribution is -2.33. The monoisotopic (exact) mass is 935 g/mol. The van der Waals surface area contributed by atoms with Crippen LogP contribution in [0.4, 0.5) is 17.1 Å². The number of hydrogen-bond acceptors (Lipinski definition) is 4. The molecule has 4 heteroatoms. The molecule has 2 aliphatic heterocycles. The second-order valence-electron chi connectivity index (χ2n) is 19.3. The molecule has 0 fully saturated rings. The molecule has 0 saturated carbocycles. The molecule has 0 atom stereocenters. The Hall–Kier alpha value is -8.83. The highest BCUT2D eigenvalue weighted by atomic mass is 32.2. The summed E-state index contributed by atoms with van der Waals surface area (Å²) in [6.07, 6.45) is 0. The van der Waals surface area contributed by atoms with Crippen molar-refractivity contribution in [3.8, 4) is 44.9 Å². The highest BCUT2D eigenvalue weighted by Crippen LogP contribution is 2.67. The van der Waals surface area contributed by atoms with Gasteiger partial charge >= 0.3 is 0 Å². The van der Waals surface area contributed by atoms with Gasteiger partial charge in [-0.3, -0.25) is 0 Å². The van der Waals surface area contributed by atoms with Gasteiger partial charge in [0.1, 0.15) is 22.7 Å². The van der Waals surface area contributed by atoms with E-state index in [9.17, 15) is 0 Å². The van der Waals surface area contributed by atoms with Crippen molar-refractivity contribution < 1.29 is 9.15 Å². The molecule has 2 spiro atoms. The molecule has 3 heterocycles. The fraction of sp³-hybridized carbons (Fsp3) is 0.0294. The van der Waals surface area contributed by atoms with E-state index in [1.165, 1.54) is 65.4 Å². The Labute approximate surface area is 421 Å². The maximum Gasteiger partial charge on any atom is 0.136 e. The fourth-order valence-electron chi connectivity index (χ4n) is 13.4. The molecule has 72 heavy (non-hydrogen) atoms. The Morgan fingerprint density at radius 1 is 0.347 bits per heavy atom. The molecule has 0 N–H and O–H groups in total. The summed E-state index contributed by atoms with van der Waals surface area (Å²) in [5, 5.41) is 2.25. The van der Waals surface area contributed by atoms with Gasteiger partial charge < -0.3 is 14.1 Å². The second-order valence-corrected chi connectivity index (χ2v) is 20.4. The molecule has 11 aromatic carbocycles. The zero-order valence-electron chi connectivity index (χ0n) is 38.8. The van der Waals surface area contributed by atoms with E-state index in [2.05, 4.69) is 248 Å². The van der Waals surface area contributed by atoms with Gasteiger partial charge in [-0.2, -0.15) is 0 Å². The number of hydrogen-bond donors (Lipinski definition) is 0. The molecule has 2 aliphatic carbocycles. The van der Waals surface area contributed by atoms with Gasteiger partial charge in [-0.25, -0.2) is 0 Å². The first-order valence-electron chi connectivity index (χ1n) is 24.7. The molecular formula is C68H41NO2S. The van der Waals surface area contributed by atoms with E-state index < -0.39 is 10.8 Å². The van der Waals surface area contributed by atoms with Crippen LogP contribution in [0.25, 0.3) is 55.3 Å². The summed E-state index contributed by atoms with van der Waals surface area (Å²) in [5.41, 5.74) is 21.0. The number of furan rings is 1. The van der Waals surface area contributed by atoms with E-state index in [-0.39, 0.29) is 0 Å². The van der Waals surface area contributed by atoms with E-state index in [0.29, 0.717) is 0 Å². The van der Waals surface area contributed by atoms with Crippen molar-refractivity contribution >= 4 is 50.8 Å². The van der Waals surface area contributed by atoms with Crippen LogP contribution in [0.2, 0.25) is 0 Å². The van der Waals surface area contributed by atoms with Crippen LogP contribution in [0.1, 0.15) is 44.5 Å². The minimum absolute atomic E-state index is 0.618. The van der Waals surface area contributed by atoms with Gasteiger partial charge in [0.2, 0.25) is 0 Å². The molecule has 0 radical (unpaired) electrons. The van der Waals surface area contributed by atoms with Gasteiger partial charge in [0.05, 0.1) is 22.2 Å². The number of rotatable bonds is 4. The van der Waals surface area contributed by atoms with E-state index in [0.717, 1.165) is 72.8 Å². The van der Waals surface area contributed by atoms with Crippen LogP contribution in [0.3, 0.4) is 0 Å². The number of fused-ring (bicyclic) bond motifs is 21. The normalized spacial score (nSPS) is 14.4. The molecule has 12 aromatic rings. The molecule has 0 saturated heterocycles. The van der Waals surface area contributed by atoms with Crippen molar-refractivity contribution in [2.45, 2.75) is 20.6 Å². The molecule has 0 amide bonds. The lowest BCUT2D eigenvalue weighted by Gasteiger charge is -2.42. The lowest BCUT2D eigenvalue weighted by atomic mass is 9.66. The van der Waals surface area contributed by atoms with Gasteiger partial charge in [-0.15, -0.1) is 0 Å². The zero-order valence-corrected chi connectivity index (χ0v) is 39.7. The highest BCUT2D eigenvalue weighted by molar-refractivity contribution is 7.99. The third-order valence-electron chi connectivity index (χ3n) is 16.0. The van der Waals surface area contributed by atoms with Crippen molar-refractivity contribution in [3.63, 3.8) is 0 Å². The number of ether oxygens (including phenoxy) is 1. The highest BCUT2D eigenvalue weighted by Gasteiger charge is 2.54. The number of benzene rings is 11. The van der Waals surface area contributed by atoms with Crippen LogP contribution in [-0.4, -0.2) is 0 Å². The topological polar surface area (TPSA) is 25.6 Å². The Balaban J connectivity index is 1.02. The quantitative estimate of drug-likeness (QED) is 0.176. The van der Waals surface area contributed by atoms with Crippen molar-refractivity contribution in [1.29, 1.82) is 0 Å². The van der Waals surface area contributed by atoms with E-state index in [4.69, 9.17) is 9.15 Å². The van der Waals surface area contributed by atoms with Gasteiger partial charge in [0.25, 0.3) is 0 Å². The summed E-state index contributed by atoms with van der Waals surface area (Å²) < 4.78 is 13.2. The Morgan fingerprint density at radius 2 is 0.861 bits per heavy atom. The number of nitrogens with zero attached hydrogens (tertiary/aromatic N) is 1. The van der Waals surface area contributed by atoms with Crippen LogP contribution < -0.4 is 9.64 Å². The van der Waals surface area contributed by atoms with Crippen molar-refractivity contribution in [1.82, 2.24) is 0 Å². The standard InChI is InChI=1S/C68H41NO2S/c1-4-23-49-45(18-1)46-22-15-31-57(66(46)68(49)53-27-8-13-36-62(53)72-63-37-14-9-28-54(63)68)69(43-40-38-42(39-41-43)44-21-16-35-61-64(44)48-20-3-10-32-58(48)70-61)56-30-17-29-55-65(56)47-19-2-5-24-50(47)67(55)51-25-6-11-33-59(51)71-60-34-12-7-26-52(60)67/h1-41H. The maximum atomic E-state index is 6.79. The molecule has 0 unspecified atom stereocenters. The minimum Gasteiger partial charge on any atom is -0.457 e. The first kappa shape index (κ1) is 40.0. The zero-order chi connectivity index (χ0) is 47.1. The van der Waals surface area contributed by atoms with Gasteiger partial charge in [0.15, 0.2) is 0 Å². The summed E-state index contributed by atoms with van der Waals surface area (Å²) >= 11 is 1.88.